The number of nitrogens with one attached hydrogen (secondary N) is 1. The van der Waals surface area contributed by atoms with Gasteiger partial charge in [-0.25, -0.2) is 14.5 Å². The summed E-state index contributed by atoms with van der Waals surface area (Å²) < 4.78 is 7.11. The number of carbonyl (C=O) groups is 1. The molecule has 1 aliphatic heterocycles. The van der Waals surface area contributed by atoms with Gasteiger partial charge in [-0.2, -0.15) is 5.10 Å². The van der Waals surface area contributed by atoms with Crippen LogP contribution in [0.5, 0.6) is 0 Å². The maximum absolute atomic E-state index is 12.8. The molecule has 5 rings (SSSR count). The summed E-state index contributed by atoms with van der Waals surface area (Å²) in [5.74, 6) is 0.519. The molecule has 4 aromatic rings. The van der Waals surface area contributed by atoms with Crippen LogP contribution in [0.15, 0.2) is 58.3 Å². The summed E-state index contributed by atoms with van der Waals surface area (Å²) in [5, 5.41) is 7.21. The van der Waals surface area contributed by atoms with Crippen molar-refractivity contribution in [3.05, 3.63) is 77.1 Å². The van der Waals surface area contributed by atoms with Gasteiger partial charge in [0.05, 0.1) is 23.9 Å². The number of aryl methyl sites for hydroxylation is 2. The zero-order valence-corrected chi connectivity index (χ0v) is 15.4. The van der Waals surface area contributed by atoms with Gasteiger partial charge in [0.1, 0.15) is 11.3 Å². The Balaban J connectivity index is 1.43. The van der Waals surface area contributed by atoms with E-state index in [2.05, 4.69) is 20.4 Å². The first-order chi connectivity index (χ1) is 13.6. The third-order valence-corrected chi connectivity index (χ3v) is 4.78. The summed E-state index contributed by atoms with van der Waals surface area (Å²) in [6.07, 6.45) is 3.90. The lowest BCUT2D eigenvalue weighted by molar-refractivity contribution is 0.102. The number of amides is 1. The van der Waals surface area contributed by atoms with Gasteiger partial charge in [-0.15, -0.1) is 0 Å². The fraction of sp³-hybridized carbons (Fsp3) is 0.143. The van der Waals surface area contributed by atoms with Crippen LogP contribution in [0.3, 0.4) is 0 Å². The molecule has 28 heavy (non-hydrogen) atoms. The number of aliphatic imine (C=N–C) groups is 1. The summed E-state index contributed by atoms with van der Waals surface area (Å²) in [6.45, 7) is 3.84. The lowest BCUT2D eigenvalue weighted by Gasteiger charge is -2.06. The van der Waals surface area contributed by atoms with Crippen molar-refractivity contribution in [1.82, 2.24) is 14.6 Å². The zero-order valence-electron chi connectivity index (χ0n) is 15.4. The van der Waals surface area contributed by atoms with Gasteiger partial charge in [-0.3, -0.25) is 4.79 Å². The molecule has 1 aromatic carbocycles. The van der Waals surface area contributed by atoms with E-state index in [0.29, 0.717) is 23.3 Å². The quantitative estimate of drug-likeness (QED) is 0.592. The highest BCUT2D eigenvalue weighted by atomic mass is 16.3. The van der Waals surface area contributed by atoms with E-state index in [1.165, 1.54) is 0 Å². The first-order valence-electron chi connectivity index (χ1n) is 8.96. The van der Waals surface area contributed by atoms with Gasteiger partial charge in [0.15, 0.2) is 5.65 Å². The van der Waals surface area contributed by atoms with Crippen molar-refractivity contribution < 1.29 is 9.21 Å². The molecule has 0 bridgehead atoms. The second-order valence-corrected chi connectivity index (χ2v) is 6.84. The van der Waals surface area contributed by atoms with Crippen molar-refractivity contribution in [2.75, 3.05) is 5.32 Å². The molecule has 0 unspecified atom stereocenters. The van der Waals surface area contributed by atoms with Gasteiger partial charge in [-0.05, 0) is 49.7 Å². The van der Waals surface area contributed by atoms with Gasteiger partial charge >= 0.3 is 0 Å². The fourth-order valence-corrected chi connectivity index (χ4v) is 3.47. The van der Waals surface area contributed by atoms with Crippen LogP contribution < -0.4 is 5.32 Å². The molecule has 0 aliphatic carbocycles. The predicted octanol–water partition coefficient (Wildman–Crippen LogP) is 3.87. The minimum atomic E-state index is -0.249. The Bertz CT molecular complexity index is 1250. The van der Waals surface area contributed by atoms with E-state index >= 15 is 0 Å². The predicted molar refractivity (Wildman–Crippen MR) is 105 cm³/mol. The number of carbonyl (C=O) groups excluding carboxylic acids is 1. The molecule has 7 heteroatoms. The van der Waals surface area contributed by atoms with Crippen LogP contribution in [-0.2, 0) is 6.42 Å². The Morgan fingerprint density at radius 1 is 1.21 bits per heavy atom. The van der Waals surface area contributed by atoms with Crippen LogP contribution >= 0.6 is 0 Å². The third-order valence-electron chi connectivity index (χ3n) is 4.78. The number of fused-ring (bicyclic) bond motifs is 2. The molecule has 0 fully saturated rings. The van der Waals surface area contributed by atoms with Crippen molar-refractivity contribution in [1.29, 1.82) is 0 Å². The lowest BCUT2D eigenvalue weighted by atomic mass is 10.1. The van der Waals surface area contributed by atoms with E-state index in [9.17, 15) is 4.79 Å². The average Bonchev–Trinajstić information content (AvgIpc) is 3.39. The number of benzene rings is 1. The van der Waals surface area contributed by atoms with Gasteiger partial charge in [0, 0.05) is 23.5 Å². The summed E-state index contributed by atoms with van der Waals surface area (Å²) in [7, 11) is 0. The maximum Gasteiger partial charge on any atom is 0.261 e. The van der Waals surface area contributed by atoms with E-state index < -0.39 is 0 Å². The highest BCUT2D eigenvalue weighted by Crippen LogP contribution is 2.32. The topological polar surface area (TPSA) is 84.8 Å². The normalized spacial score (nSPS) is 12.9. The Morgan fingerprint density at radius 2 is 2.11 bits per heavy atom. The van der Waals surface area contributed by atoms with Gasteiger partial charge in [0.25, 0.3) is 5.91 Å². The van der Waals surface area contributed by atoms with Crippen molar-refractivity contribution >= 4 is 28.6 Å². The minimum Gasteiger partial charge on any atom is -0.463 e. The second-order valence-electron chi connectivity index (χ2n) is 6.84. The number of nitrogens with zero attached hydrogens (tertiary/aromatic N) is 4. The van der Waals surface area contributed by atoms with E-state index in [0.717, 1.165) is 34.1 Å². The number of rotatable bonds is 3. The molecule has 0 saturated heterocycles. The average molecular weight is 371 g/mol. The molecule has 0 atom stereocenters. The van der Waals surface area contributed by atoms with Crippen molar-refractivity contribution in [3.63, 3.8) is 0 Å². The number of furan rings is 1. The van der Waals surface area contributed by atoms with Crippen LogP contribution in [0.2, 0.25) is 0 Å². The molecule has 1 amide bonds. The molecule has 138 valence electrons. The first kappa shape index (κ1) is 16.4. The van der Waals surface area contributed by atoms with Crippen LogP contribution in [0, 0.1) is 13.8 Å². The third kappa shape index (κ3) is 2.68. The summed E-state index contributed by atoms with van der Waals surface area (Å²) in [5.41, 5.74) is 6.28. The standard InChI is InChI=1S/C21H17N5O2/c1-12-8-13(2)26-20(23-12)16(11-22-26)21(27)24-15-6-5-14-9-18(25-17(14)10-15)19-4-3-7-28-19/h3-8,10-11H,9H2,1-2H3,(H,24,27). The monoisotopic (exact) mass is 371 g/mol. The highest BCUT2D eigenvalue weighted by molar-refractivity contribution is 6.09. The Hall–Kier alpha value is -3.74. The first-order valence-corrected chi connectivity index (χ1v) is 8.96. The van der Waals surface area contributed by atoms with Gasteiger partial charge < -0.3 is 9.73 Å². The molecule has 7 nitrogen and oxygen atoms in total. The smallest absolute Gasteiger partial charge is 0.261 e. The van der Waals surface area contributed by atoms with Crippen molar-refractivity contribution in [2.24, 2.45) is 4.99 Å². The van der Waals surface area contributed by atoms with Gasteiger partial charge in [0.2, 0.25) is 0 Å². The Morgan fingerprint density at radius 3 is 2.93 bits per heavy atom. The molecular weight excluding hydrogens is 354 g/mol. The molecular formula is C21H17N5O2. The van der Waals surface area contributed by atoms with Crippen LogP contribution in [0.25, 0.3) is 5.65 Å². The highest BCUT2D eigenvalue weighted by Gasteiger charge is 2.20. The van der Waals surface area contributed by atoms with E-state index in [1.54, 1.807) is 17.0 Å². The Labute approximate surface area is 160 Å². The fourth-order valence-electron chi connectivity index (χ4n) is 3.47. The summed E-state index contributed by atoms with van der Waals surface area (Å²) in [4.78, 5) is 21.9. The van der Waals surface area contributed by atoms with Crippen molar-refractivity contribution in [3.8, 4) is 0 Å². The number of anilines is 1. The summed E-state index contributed by atoms with van der Waals surface area (Å²) in [6, 6.07) is 11.4. The SMILES string of the molecule is Cc1cc(C)n2ncc(C(=O)Nc3ccc4c(c3)N=C(c3ccco3)C4)c2n1. The zero-order chi connectivity index (χ0) is 19.3. The van der Waals surface area contributed by atoms with Crippen LogP contribution in [0.1, 0.15) is 33.1 Å². The maximum atomic E-state index is 12.8. The molecule has 0 spiro atoms. The lowest BCUT2D eigenvalue weighted by Crippen LogP contribution is -2.12. The number of hydrogen-bond donors (Lipinski definition) is 1. The largest absolute Gasteiger partial charge is 0.463 e. The molecule has 4 heterocycles. The second kappa shape index (κ2) is 6.16. The van der Waals surface area contributed by atoms with Crippen molar-refractivity contribution in [2.45, 2.75) is 20.3 Å². The van der Waals surface area contributed by atoms with E-state index in [1.807, 2.05) is 50.2 Å². The molecule has 0 saturated carbocycles. The molecule has 3 aromatic heterocycles. The van der Waals surface area contributed by atoms with E-state index in [4.69, 9.17) is 4.42 Å². The Kier molecular flexibility index (Phi) is 3.61. The van der Waals surface area contributed by atoms with E-state index in [-0.39, 0.29) is 5.91 Å². The van der Waals surface area contributed by atoms with Crippen LogP contribution in [-0.4, -0.2) is 26.2 Å². The molecule has 1 aliphatic rings. The molecule has 1 N–H and O–H groups in total. The van der Waals surface area contributed by atoms with Gasteiger partial charge in [-0.1, -0.05) is 6.07 Å². The molecule has 0 radical (unpaired) electrons. The summed E-state index contributed by atoms with van der Waals surface area (Å²) >= 11 is 0. The van der Waals surface area contributed by atoms with Crippen LogP contribution in [0.4, 0.5) is 11.4 Å². The number of hydrogen-bond acceptors (Lipinski definition) is 5. The minimum absolute atomic E-state index is 0.249. The number of aromatic nitrogens is 3.